The van der Waals surface area contributed by atoms with E-state index >= 15 is 0 Å². The molecule has 0 spiro atoms. The predicted molar refractivity (Wildman–Crippen MR) is 80.6 cm³/mol. The predicted octanol–water partition coefficient (Wildman–Crippen LogP) is 5.01. The Morgan fingerprint density at radius 3 is 2.63 bits per heavy atom. The molecule has 0 saturated heterocycles. The van der Waals surface area contributed by atoms with Gasteiger partial charge in [0, 0.05) is 21.4 Å². The van der Waals surface area contributed by atoms with Crippen LogP contribution in [-0.4, -0.2) is 5.78 Å². The second kappa shape index (κ2) is 5.68. The lowest BCUT2D eigenvalue weighted by atomic mass is 9.82. The molecule has 0 N–H and O–H groups in total. The Hall–Kier alpha value is -0.790. The fraction of sp³-hybridized carbons (Fsp3) is 0.438. The first-order valence-electron chi connectivity index (χ1n) is 6.53. The highest BCUT2D eigenvalue weighted by Crippen LogP contribution is 2.44. The fourth-order valence-corrected chi connectivity index (χ4v) is 3.36. The van der Waals surface area contributed by atoms with Gasteiger partial charge in [0.2, 0.25) is 0 Å². The summed E-state index contributed by atoms with van der Waals surface area (Å²) in [6.45, 7) is 5.72. The van der Waals surface area contributed by atoms with E-state index in [0.29, 0.717) is 17.2 Å². The highest BCUT2D eigenvalue weighted by atomic mass is 35.5. The Morgan fingerprint density at radius 2 is 2.05 bits per heavy atom. The van der Waals surface area contributed by atoms with Crippen LogP contribution in [0.25, 0.3) is 0 Å². The number of Topliss-reactive ketones (excluding diaryl/α,β-unsaturated/α-hetero) is 1. The third kappa shape index (κ3) is 3.40. The Kier molecular flexibility index (Phi) is 4.37. The number of benzene rings is 1. The smallest absolute Gasteiger partial charge is 0.142 e. The molecule has 102 valence electrons. The lowest BCUT2D eigenvalue weighted by Crippen LogP contribution is -2.26. The lowest BCUT2D eigenvalue weighted by molar-refractivity contribution is -0.128. The van der Waals surface area contributed by atoms with Crippen molar-refractivity contribution in [3.05, 3.63) is 46.5 Å². The zero-order valence-electron chi connectivity index (χ0n) is 11.1. The minimum Gasteiger partial charge on any atom is -0.299 e. The molecule has 3 heteroatoms. The first-order chi connectivity index (χ1) is 8.90. The van der Waals surface area contributed by atoms with Gasteiger partial charge in [-0.2, -0.15) is 0 Å². The third-order valence-electron chi connectivity index (χ3n) is 3.99. The molecular formula is C16H18Cl2O. The highest BCUT2D eigenvalue weighted by molar-refractivity contribution is 6.30. The fourth-order valence-electron chi connectivity index (χ4n) is 2.94. The van der Waals surface area contributed by atoms with E-state index in [2.05, 4.69) is 6.58 Å². The Bertz CT molecular complexity index is 492. The molecule has 1 fully saturated rings. The summed E-state index contributed by atoms with van der Waals surface area (Å²) in [6, 6.07) is 7.73. The normalized spacial score (nSPS) is 26.7. The molecular weight excluding hydrogens is 279 g/mol. The van der Waals surface area contributed by atoms with Crippen LogP contribution in [0.1, 0.15) is 31.7 Å². The van der Waals surface area contributed by atoms with Gasteiger partial charge in [-0.25, -0.2) is 0 Å². The van der Waals surface area contributed by atoms with Gasteiger partial charge in [-0.1, -0.05) is 48.8 Å². The van der Waals surface area contributed by atoms with Gasteiger partial charge in [0.05, 0.1) is 0 Å². The van der Waals surface area contributed by atoms with E-state index in [-0.39, 0.29) is 11.3 Å². The van der Waals surface area contributed by atoms with Gasteiger partial charge in [0.1, 0.15) is 5.78 Å². The summed E-state index contributed by atoms with van der Waals surface area (Å²) in [5, 5.41) is 1.30. The molecule has 0 radical (unpaired) electrons. The molecule has 1 aliphatic carbocycles. The van der Waals surface area contributed by atoms with E-state index < -0.39 is 0 Å². The average Bonchev–Trinajstić information content (AvgIpc) is 2.59. The van der Waals surface area contributed by atoms with Crippen molar-refractivity contribution in [2.75, 3.05) is 0 Å². The first kappa shape index (κ1) is 14.6. The first-order valence-corrected chi connectivity index (χ1v) is 7.28. The van der Waals surface area contributed by atoms with E-state index in [1.54, 1.807) is 0 Å². The SMILES string of the molecule is C=C(Cl)CC1(C)CCC(Cc2ccc(Cl)cc2)C1=O. The molecule has 0 heterocycles. The van der Waals surface area contributed by atoms with Crippen LogP contribution < -0.4 is 0 Å². The molecule has 2 rings (SSSR count). The maximum atomic E-state index is 12.5. The van der Waals surface area contributed by atoms with Crippen LogP contribution in [0.15, 0.2) is 35.9 Å². The highest BCUT2D eigenvalue weighted by Gasteiger charge is 2.43. The number of hydrogen-bond acceptors (Lipinski definition) is 1. The maximum Gasteiger partial charge on any atom is 0.142 e. The molecule has 0 amide bonds. The number of carbonyl (C=O) groups is 1. The molecule has 0 aliphatic heterocycles. The van der Waals surface area contributed by atoms with Gasteiger partial charge >= 0.3 is 0 Å². The van der Waals surface area contributed by atoms with Crippen LogP contribution in [0.5, 0.6) is 0 Å². The van der Waals surface area contributed by atoms with Crippen molar-refractivity contribution < 1.29 is 4.79 Å². The zero-order valence-corrected chi connectivity index (χ0v) is 12.6. The number of hydrogen-bond donors (Lipinski definition) is 0. The minimum atomic E-state index is -0.323. The summed E-state index contributed by atoms with van der Waals surface area (Å²) in [6.07, 6.45) is 3.21. The lowest BCUT2D eigenvalue weighted by Gasteiger charge is -2.22. The number of halogens is 2. The summed E-state index contributed by atoms with van der Waals surface area (Å²) in [4.78, 5) is 12.5. The Labute approximate surface area is 124 Å². The summed E-state index contributed by atoms with van der Waals surface area (Å²) in [7, 11) is 0. The topological polar surface area (TPSA) is 17.1 Å². The van der Waals surface area contributed by atoms with Crippen LogP contribution in [0.2, 0.25) is 5.02 Å². The molecule has 1 aromatic rings. The molecule has 2 unspecified atom stereocenters. The van der Waals surface area contributed by atoms with Crippen LogP contribution in [0, 0.1) is 11.3 Å². The molecule has 2 atom stereocenters. The molecule has 0 bridgehead atoms. The van der Waals surface area contributed by atoms with Crippen molar-refractivity contribution in [2.24, 2.45) is 11.3 Å². The van der Waals surface area contributed by atoms with Crippen molar-refractivity contribution in [3.63, 3.8) is 0 Å². The molecule has 1 saturated carbocycles. The van der Waals surface area contributed by atoms with E-state index in [0.717, 1.165) is 29.8 Å². The Morgan fingerprint density at radius 1 is 1.42 bits per heavy atom. The van der Waals surface area contributed by atoms with E-state index in [1.807, 2.05) is 31.2 Å². The number of ketones is 1. The second-order valence-corrected chi connectivity index (χ2v) is 6.66. The Balaban J connectivity index is 2.06. The molecule has 1 aromatic carbocycles. The van der Waals surface area contributed by atoms with Crippen LogP contribution in [0.3, 0.4) is 0 Å². The van der Waals surface area contributed by atoms with E-state index in [4.69, 9.17) is 23.2 Å². The number of allylic oxidation sites excluding steroid dienone is 1. The number of carbonyl (C=O) groups excluding carboxylic acids is 1. The summed E-state index contributed by atoms with van der Waals surface area (Å²) >= 11 is 11.7. The summed E-state index contributed by atoms with van der Waals surface area (Å²) in [5.74, 6) is 0.423. The molecule has 0 aromatic heterocycles. The summed E-state index contributed by atoms with van der Waals surface area (Å²) < 4.78 is 0. The van der Waals surface area contributed by atoms with Crippen LogP contribution >= 0.6 is 23.2 Å². The monoisotopic (exact) mass is 296 g/mol. The van der Waals surface area contributed by atoms with Crippen molar-refractivity contribution in [2.45, 2.75) is 32.6 Å². The molecule has 1 aliphatic rings. The standard InChI is InChI=1S/C16H18Cl2O/c1-11(17)10-16(2)8-7-13(15(16)19)9-12-3-5-14(18)6-4-12/h3-6,13H,1,7-10H2,2H3. The van der Waals surface area contributed by atoms with Crippen molar-refractivity contribution in [1.82, 2.24) is 0 Å². The summed E-state index contributed by atoms with van der Waals surface area (Å²) in [5.41, 5.74) is 0.840. The number of rotatable bonds is 4. The van der Waals surface area contributed by atoms with Crippen molar-refractivity contribution in [3.8, 4) is 0 Å². The van der Waals surface area contributed by atoms with E-state index in [1.165, 1.54) is 0 Å². The second-order valence-electron chi connectivity index (χ2n) is 5.69. The average molecular weight is 297 g/mol. The van der Waals surface area contributed by atoms with Gasteiger partial charge in [-0.05, 0) is 43.4 Å². The van der Waals surface area contributed by atoms with Gasteiger partial charge < -0.3 is 0 Å². The van der Waals surface area contributed by atoms with Crippen molar-refractivity contribution >= 4 is 29.0 Å². The van der Waals surface area contributed by atoms with Crippen molar-refractivity contribution in [1.29, 1.82) is 0 Å². The van der Waals surface area contributed by atoms with Gasteiger partial charge in [-0.15, -0.1) is 0 Å². The van der Waals surface area contributed by atoms with Crippen LogP contribution in [0.4, 0.5) is 0 Å². The maximum absolute atomic E-state index is 12.5. The van der Waals surface area contributed by atoms with Crippen LogP contribution in [-0.2, 0) is 11.2 Å². The van der Waals surface area contributed by atoms with Gasteiger partial charge in [0.15, 0.2) is 0 Å². The molecule has 1 nitrogen and oxygen atoms in total. The van der Waals surface area contributed by atoms with E-state index in [9.17, 15) is 4.79 Å². The van der Waals surface area contributed by atoms with Gasteiger partial charge in [-0.3, -0.25) is 4.79 Å². The minimum absolute atomic E-state index is 0.0993. The zero-order chi connectivity index (χ0) is 14.0. The largest absolute Gasteiger partial charge is 0.299 e. The molecule has 19 heavy (non-hydrogen) atoms. The van der Waals surface area contributed by atoms with Gasteiger partial charge in [0.25, 0.3) is 0 Å². The third-order valence-corrected chi connectivity index (χ3v) is 4.37. The quantitative estimate of drug-likeness (QED) is 0.763.